The number of aromatic nitrogens is 2. The number of anilines is 2. The molecule has 0 aliphatic rings. The zero-order valence-electron chi connectivity index (χ0n) is 10.5. The Kier molecular flexibility index (Phi) is 4.22. The predicted molar refractivity (Wildman–Crippen MR) is 66.7 cm³/mol. The minimum atomic E-state index is -0.0783. The first-order chi connectivity index (χ1) is 7.99. The highest BCUT2D eigenvalue weighted by atomic mass is 16.1. The first-order valence-electron chi connectivity index (χ1n) is 5.23. The van der Waals surface area contributed by atoms with Crippen LogP contribution in [0, 0.1) is 13.8 Å². The molecule has 0 atom stereocenters. The molecule has 0 unspecified atom stereocenters. The highest BCUT2D eigenvalue weighted by Crippen LogP contribution is 2.21. The summed E-state index contributed by atoms with van der Waals surface area (Å²) in [6, 6.07) is 0. The van der Waals surface area contributed by atoms with Gasteiger partial charge in [0.1, 0.15) is 17.5 Å². The first kappa shape index (κ1) is 13.2. The Labute approximate surface area is 100 Å². The van der Waals surface area contributed by atoms with E-state index >= 15 is 0 Å². The zero-order chi connectivity index (χ0) is 13.0. The van der Waals surface area contributed by atoms with E-state index in [1.807, 2.05) is 6.92 Å². The van der Waals surface area contributed by atoms with Crippen molar-refractivity contribution in [3.63, 3.8) is 0 Å². The molecule has 0 saturated carbocycles. The number of amides is 1. The number of likely N-dealkylation sites (N-methyl/N-ethyl adjacent to an activating group) is 2. The van der Waals surface area contributed by atoms with Crippen molar-refractivity contribution in [3.8, 4) is 0 Å². The van der Waals surface area contributed by atoms with Crippen LogP contribution in [0.4, 0.5) is 11.6 Å². The van der Waals surface area contributed by atoms with Gasteiger partial charge in [0.2, 0.25) is 5.91 Å². The number of hydrogen-bond donors (Lipinski definition) is 3. The van der Waals surface area contributed by atoms with E-state index in [2.05, 4.69) is 20.7 Å². The lowest BCUT2D eigenvalue weighted by molar-refractivity contribution is -0.119. The Morgan fingerprint density at radius 3 is 2.59 bits per heavy atom. The number of aryl methyl sites for hydroxylation is 1. The van der Waals surface area contributed by atoms with Crippen LogP contribution in [0.3, 0.4) is 0 Å². The first-order valence-corrected chi connectivity index (χ1v) is 5.23. The van der Waals surface area contributed by atoms with Crippen molar-refractivity contribution in [1.82, 2.24) is 15.3 Å². The molecule has 1 heterocycles. The molecule has 17 heavy (non-hydrogen) atoms. The topological polar surface area (TPSA) is 96.2 Å². The van der Waals surface area contributed by atoms with Crippen molar-refractivity contribution in [2.24, 2.45) is 5.84 Å². The number of carbonyl (C=O) groups is 1. The van der Waals surface area contributed by atoms with Crippen molar-refractivity contribution >= 4 is 17.5 Å². The zero-order valence-corrected chi connectivity index (χ0v) is 10.5. The van der Waals surface area contributed by atoms with Gasteiger partial charge in [-0.15, -0.1) is 0 Å². The molecular formula is C10H18N6O. The Morgan fingerprint density at radius 2 is 2.06 bits per heavy atom. The molecule has 7 nitrogen and oxygen atoms in total. The van der Waals surface area contributed by atoms with Gasteiger partial charge in [-0.2, -0.15) is 0 Å². The number of nitrogens with two attached hydrogens (primary N) is 1. The van der Waals surface area contributed by atoms with Crippen LogP contribution in [0.5, 0.6) is 0 Å². The molecular weight excluding hydrogens is 220 g/mol. The van der Waals surface area contributed by atoms with Gasteiger partial charge < -0.3 is 15.6 Å². The van der Waals surface area contributed by atoms with E-state index in [9.17, 15) is 4.79 Å². The fraction of sp³-hybridized carbons (Fsp3) is 0.500. The molecule has 0 aliphatic heterocycles. The largest absolute Gasteiger partial charge is 0.358 e. The third kappa shape index (κ3) is 3.04. The Bertz CT molecular complexity index is 420. The van der Waals surface area contributed by atoms with E-state index in [0.717, 1.165) is 5.56 Å². The van der Waals surface area contributed by atoms with Crippen molar-refractivity contribution < 1.29 is 4.79 Å². The second-order valence-electron chi connectivity index (χ2n) is 3.74. The highest BCUT2D eigenvalue weighted by Gasteiger charge is 2.14. The van der Waals surface area contributed by atoms with Crippen LogP contribution in [0.2, 0.25) is 0 Å². The van der Waals surface area contributed by atoms with Gasteiger partial charge in [-0.05, 0) is 13.8 Å². The van der Waals surface area contributed by atoms with E-state index in [-0.39, 0.29) is 12.5 Å². The molecule has 1 rings (SSSR count). The maximum Gasteiger partial charge on any atom is 0.239 e. The fourth-order valence-corrected chi connectivity index (χ4v) is 1.50. The van der Waals surface area contributed by atoms with Crippen LogP contribution < -0.4 is 21.5 Å². The van der Waals surface area contributed by atoms with Crippen molar-refractivity contribution in [2.75, 3.05) is 31.0 Å². The highest BCUT2D eigenvalue weighted by molar-refractivity contribution is 5.81. The average molecular weight is 238 g/mol. The molecule has 0 aromatic carbocycles. The summed E-state index contributed by atoms with van der Waals surface area (Å²) in [5.41, 5.74) is 3.33. The Morgan fingerprint density at radius 1 is 1.41 bits per heavy atom. The van der Waals surface area contributed by atoms with E-state index in [1.165, 1.54) is 0 Å². The molecule has 94 valence electrons. The standard InChI is InChI=1S/C10H18N6O/c1-6-9(15-11)13-7(2)14-10(6)16(4)5-8(17)12-3/h5,11H2,1-4H3,(H,12,17)(H,13,14,15). The molecule has 1 aromatic heterocycles. The molecule has 0 fully saturated rings. The monoisotopic (exact) mass is 238 g/mol. The summed E-state index contributed by atoms with van der Waals surface area (Å²) < 4.78 is 0. The van der Waals surface area contributed by atoms with Crippen molar-refractivity contribution in [3.05, 3.63) is 11.4 Å². The summed E-state index contributed by atoms with van der Waals surface area (Å²) in [6.07, 6.45) is 0. The maximum absolute atomic E-state index is 11.3. The number of carbonyl (C=O) groups excluding carboxylic acids is 1. The number of hydrogen-bond acceptors (Lipinski definition) is 6. The summed E-state index contributed by atoms with van der Waals surface area (Å²) in [5.74, 6) is 7.15. The van der Waals surface area contributed by atoms with Crippen molar-refractivity contribution in [2.45, 2.75) is 13.8 Å². The summed E-state index contributed by atoms with van der Waals surface area (Å²) in [7, 11) is 3.39. The maximum atomic E-state index is 11.3. The lowest BCUT2D eigenvalue weighted by Gasteiger charge is -2.20. The van der Waals surface area contributed by atoms with Crippen LogP contribution in [0.15, 0.2) is 0 Å². The summed E-state index contributed by atoms with van der Waals surface area (Å²) >= 11 is 0. The lowest BCUT2D eigenvalue weighted by Crippen LogP contribution is -2.34. The quantitative estimate of drug-likeness (QED) is 0.486. The summed E-state index contributed by atoms with van der Waals surface area (Å²) in [5, 5.41) is 2.56. The Balaban J connectivity index is 3.04. The minimum absolute atomic E-state index is 0.0783. The van der Waals surface area contributed by atoms with Crippen LogP contribution in [0.1, 0.15) is 11.4 Å². The molecule has 0 saturated heterocycles. The smallest absolute Gasteiger partial charge is 0.239 e. The summed E-state index contributed by atoms with van der Waals surface area (Å²) in [6.45, 7) is 3.86. The number of nitrogen functional groups attached to an aromatic ring is 1. The van der Waals surface area contributed by atoms with Crippen LogP contribution in [0.25, 0.3) is 0 Å². The second kappa shape index (κ2) is 5.44. The second-order valence-corrected chi connectivity index (χ2v) is 3.74. The summed E-state index contributed by atoms with van der Waals surface area (Å²) in [4.78, 5) is 21.5. The predicted octanol–water partition coefficient (Wildman–Crippen LogP) is -0.439. The number of hydrazine groups is 1. The van der Waals surface area contributed by atoms with E-state index in [4.69, 9.17) is 5.84 Å². The molecule has 0 radical (unpaired) electrons. The van der Waals surface area contributed by atoms with Gasteiger partial charge in [0.05, 0.1) is 6.54 Å². The van der Waals surface area contributed by atoms with Crippen LogP contribution in [-0.4, -0.2) is 36.5 Å². The van der Waals surface area contributed by atoms with Crippen molar-refractivity contribution in [1.29, 1.82) is 0 Å². The van der Waals surface area contributed by atoms with Gasteiger partial charge in [0.15, 0.2) is 0 Å². The third-order valence-electron chi connectivity index (χ3n) is 2.39. The molecule has 7 heteroatoms. The number of rotatable bonds is 4. The number of nitrogens with one attached hydrogen (secondary N) is 2. The van der Waals surface area contributed by atoms with Gasteiger partial charge in [-0.3, -0.25) is 4.79 Å². The van der Waals surface area contributed by atoms with E-state index < -0.39 is 0 Å². The van der Waals surface area contributed by atoms with E-state index in [0.29, 0.717) is 17.5 Å². The molecule has 0 spiro atoms. The molecule has 4 N–H and O–H groups in total. The van der Waals surface area contributed by atoms with Gasteiger partial charge >= 0.3 is 0 Å². The molecule has 0 aliphatic carbocycles. The van der Waals surface area contributed by atoms with Gasteiger partial charge in [0, 0.05) is 19.7 Å². The minimum Gasteiger partial charge on any atom is -0.358 e. The molecule has 1 aromatic rings. The lowest BCUT2D eigenvalue weighted by atomic mass is 10.3. The normalized spacial score (nSPS) is 9.94. The third-order valence-corrected chi connectivity index (χ3v) is 2.39. The average Bonchev–Trinajstić information content (AvgIpc) is 2.31. The van der Waals surface area contributed by atoms with Gasteiger partial charge in [0.25, 0.3) is 0 Å². The Hall–Kier alpha value is -1.89. The van der Waals surface area contributed by atoms with E-state index in [1.54, 1.807) is 25.9 Å². The SMILES string of the molecule is CNC(=O)CN(C)c1nc(C)nc(NN)c1C. The van der Waals surface area contributed by atoms with Gasteiger partial charge in [-0.1, -0.05) is 0 Å². The van der Waals surface area contributed by atoms with Crippen LogP contribution in [-0.2, 0) is 4.79 Å². The molecule has 0 bridgehead atoms. The number of nitrogens with zero attached hydrogens (tertiary/aromatic N) is 3. The van der Waals surface area contributed by atoms with Crippen LogP contribution >= 0.6 is 0 Å². The molecule has 1 amide bonds. The van der Waals surface area contributed by atoms with Gasteiger partial charge in [-0.25, -0.2) is 15.8 Å². The fourth-order valence-electron chi connectivity index (χ4n) is 1.50.